The smallest absolute Gasteiger partial charge is 0.310 e. The highest BCUT2D eigenvalue weighted by Gasteiger charge is 2.25. The average molecular weight is 298 g/mol. The van der Waals surface area contributed by atoms with Gasteiger partial charge in [0.15, 0.2) is 5.60 Å². The van der Waals surface area contributed by atoms with Crippen LogP contribution in [0.1, 0.15) is 32.3 Å². The summed E-state index contributed by atoms with van der Waals surface area (Å²) in [5, 5.41) is 11.1. The minimum atomic E-state index is -0.827. The highest BCUT2D eigenvalue weighted by Crippen LogP contribution is 2.27. The number of rotatable bonds is 5. The second-order valence-corrected chi connectivity index (χ2v) is 6.03. The van der Waals surface area contributed by atoms with Gasteiger partial charge in [0.05, 0.1) is 5.92 Å². The summed E-state index contributed by atoms with van der Waals surface area (Å²) in [7, 11) is 0. The Morgan fingerprint density at radius 3 is 2.55 bits per heavy atom. The molecule has 0 aromatic heterocycles. The van der Waals surface area contributed by atoms with E-state index in [4.69, 9.17) is 16.4 Å². The second kappa shape index (κ2) is 6.07. The molecule has 1 N–H and O–H groups in total. The number of carbonyl (C=O) groups is 1. The van der Waals surface area contributed by atoms with Crippen LogP contribution in [0.3, 0.4) is 0 Å². The molecule has 0 spiro atoms. The minimum Gasteiger partial charge on any atom is -0.481 e. The Morgan fingerprint density at radius 2 is 1.91 bits per heavy atom. The SMILES string of the molecule is C#[N+]CC(C)(C)Oc1ccc2cc([C@H](C)C(=O)O)ccc2c1. The molecule has 0 heterocycles. The zero-order chi connectivity index (χ0) is 16.3. The Bertz CT molecular complexity index is 744. The molecule has 1 atom stereocenters. The predicted octanol–water partition coefficient (Wildman–Crippen LogP) is 4.15. The number of nitrogens with zero attached hydrogens (tertiary/aromatic N) is 1. The van der Waals surface area contributed by atoms with E-state index in [-0.39, 0.29) is 0 Å². The third kappa shape index (κ3) is 3.56. The van der Waals surface area contributed by atoms with Gasteiger partial charge in [-0.25, -0.2) is 0 Å². The van der Waals surface area contributed by atoms with E-state index in [0.717, 1.165) is 22.1 Å². The van der Waals surface area contributed by atoms with Crippen molar-refractivity contribution in [3.63, 3.8) is 0 Å². The van der Waals surface area contributed by atoms with E-state index >= 15 is 0 Å². The van der Waals surface area contributed by atoms with E-state index in [1.165, 1.54) is 0 Å². The molecular formula is C18H20NO3+. The Kier molecular flexibility index (Phi) is 4.37. The molecule has 0 saturated heterocycles. The van der Waals surface area contributed by atoms with Gasteiger partial charge in [-0.1, -0.05) is 29.1 Å². The first-order valence-corrected chi connectivity index (χ1v) is 7.14. The van der Waals surface area contributed by atoms with Gasteiger partial charge in [-0.15, -0.1) is 0 Å². The fourth-order valence-corrected chi connectivity index (χ4v) is 2.29. The summed E-state index contributed by atoms with van der Waals surface area (Å²) < 4.78 is 5.90. The molecule has 0 aliphatic carbocycles. The zero-order valence-electron chi connectivity index (χ0n) is 13.0. The van der Waals surface area contributed by atoms with Crippen LogP contribution in [0.25, 0.3) is 15.6 Å². The number of carboxylic acid groups (broad SMARTS) is 1. The predicted molar refractivity (Wildman–Crippen MR) is 87.9 cm³/mol. The van der Waals surface area contributed by atoms with Crippen molar-refractivity contribution in [3.8, 4) is 12.3 Å². The number of hydrogen-bond donors (Lipinski definition) is 1. The fraction of sp³-hybridized carbons (Fsp3) is 0.333. The highest BCUT2D eigenvalue weighted by molar-refractivity contribution is 5.86. The molecule has 0 amide bonds. The fourth-order valence-electron chi connectivity index (χ4n) is 2.29. The monoisotopic (exact) mass is 298 g/mol. The number of benzene rings is 2. The van der Waals surface area contributed by atoms with Crippen molar-refractivity contribution in [2.45, 2.75) is 32.3 Å². The van der Waals surface area contributed by atoms with Crippen molar-refractivity contribution < 1.29 is 14.6 Å². The van der Waals surface area contributed by atoms with E-state index in [1.807, 2.05) is 50.2 Å². The van der Waals surface area contributed by atoms with Gasteiger partial charge in [0, 0.05) is 0 Å². The van der Waals surface area contributed by atoms with Gasteiger partial charge in [-0.05, 0) is 49.2 Å². The average Bonchev–Trinajstić information content (AvgIpc) is 2.45. The molecule has 114 valence electrons. The molecule has 0 radical (unpaired) electrons. The number of fused-ring (bicyclic) bond motifs is 1. The molecule has 4 nitrogen and oxygen atoms in total. The van der Waals surface area contributed by atoms with Gasteiger partial charge < -0.3 is 9.84 Å². The van der Waals surface area contributed by atoms with Gasteiger partial charge in [-0.2, -0.15) is 0 Å². The summed E-state index contributed by atoms with van der Waals surface area (Å²) in [6.07, 6.45) is 0. The largest absolute Gasteiger partial charge is 0.481 e. The van der Waals surface area contributed by atoms with Crippen LogP contribution in [0.5, 0.6) is 5.75 Å². The standard InChI is InChI=1S/C18H19NO3/c1-12(17(20)21)13-5-6-15-10-16(8-7-14(15)9-13)22-18(2,3)11-19-4/h4-10,12H,11H2,1-3H3/p+1/t12-/m0/s1. The second-order valence-electron chi connectivity index (χ2n) is 6.03. The molecule has 2 aromatic carbocycles. The summed E-state index contributed by atoms with van der Waals surface area (Å²) >= 11 is 0. The maximum atomic E-state index is 11.1. The molecule has 22 heavy (non-hydrogen) atoms. The first kappa shape index (κ1) is 15.8. The maximum absolute atomic E-state index is 11.1. The highest BCUT2D eigenvalue weighted by atomic mass is 16.5. The normalized spacial score (nSPS) is 12.6. The lowest BCUT2D eigenvalue weighted by Crippen LogP contribution is -2.31. The maximum Gasteiger partial charge on any atom is 0.310 e. The summed E-state index contributed by atoms with van der Waals surface area (Å²) in [6, 6.07) is 11.4. The molecular weight excluding hydrogens is 278 g/mol. The zero-order valence-corrected chi connectivity index (χ0v) is 13.0. The Balaban J connectivity index is 2.31. The van der Waals surface area contributed by atoms with Gasteiger partial charge in [0.1, 0.15) is 5.75 Å². The van der Waals surface area contributed by atoms with Crippen LogP contribution in [-0.2, 0) is 4.79 Å². The van der Waals surface area contributed by atoms with Gasteiger partial charge in [0.2, 0.25) is 0 Å². The van der Waals surface area contributed by atoms with Crippen molar-refractivity contribution in [3.05, 3.63) is 46.8 Å². The topological polar surface area (TPSA) is 50.9 Å². The van der Waals surface area contributed by atoms with Crippen LogP contribution in [0, 0.1) is 6.57 Å². The molecule has 0 unspecified atom stereocenters. The third-order valence-corrected chi connectivity index (χ3v) is 3.57. The van der Waals surface area contributed by atoms with E-state index in [9.17, 15) is 4.79 Å². The molecule has 0 saturated carbocycles. The number of hydrogen-bond acceptors (Lipinski definition) is 2. The summed E-state index contributed by atoms with van der Waals surface area (Å²) in [5.41, 5.74) is 0.316. The van der Waals surface area contributed by atoms with Crippen LogP contribution in [0.4, 0.5) is 0 Å². The van der Waals surface area contributed by atoms with Crippen molar-refractivity contribution in [1.82, 2.24) is 0 Å². The molecule has 0 fully saturated rings. The number of aliphatic carboxylic acids is 1. The Hall–Kier alpha value is -2.54. The van der Waals surface area contributed by atoms with Gasteiger partial charge in [-0.3, -0.25) is 4.79 Å². The third-order valence-electron chi connectivity index (χ3n) is 3.57. The first-order valence-electron chi connectivity index (χ1n) is 7.14. The van der Waals surface area contributed by atoms with E-state index in [0.29, 0.717) is 6.54 Å². The van der Waals surface area contributed by atoms with Crippen molar-refractivity contribution in [2.24, 2.45) is 0 Å². The lowest BCUT2D eigenvalue weighted by Gasteiger charge is -2.20. The molecule has 0 aliphatic rings. The summed E-state index contributed by atoms with van der Waals surface area (Å²) in [6.45, 7) is 11.2. The quantitative estimate of drug-likeness (QED) is 0.902. The van der Waals surface area contributed by atoms with Crippen molar-refractivity contribution in [2.75, 3.05) is 6.54 Å². The molecule has 0 aliphatic heterocycles. The summed E-state index contributed by atoms with van der Waals surface area (Å²) in [4.78, 5) is 14.7. The van der Waals surface area contributed by atoms with E-state index in [1.54, 1.807) is 6.92 Å². The number of carboxylic acids is 1. The van der Waals surface area contributed by atoms with Crippen LogP contribution in [-0.4, -0.2) is 23.2 Å². The van der Waals surface area contributed by atoms with Crippen molar-refractivity contribution in [1.29, 1.82) is 0 Å². The first-order chi connectivity index (χ1) is 10.3. The van der Waals surface area contributed by atoms with Crippen LogP contribution in [0.15, 0.2) is 36.4 Å². The lowest BCUT2D eigenvalue weighted by atomic mass is 9.98. The van der Waals surface area contributed by atoms with Crippen molar-refractivity contribution >= 4 is 16.7 Å². The molecule has 4 heteroatoms. The van der Waals surface area contributed by atoms with Crippen LogP contribution in [0.2, 0.25) is 0 Å². The Morgan fingerprint density at radius 1 is 1.27 bits per heavy atom. The van der Waals surface area contributed by atoms with E-state index in [2.05, 4.69) is 4.85 Å². The van der Waals surface area contributed by atoms with Gasteiger partial charge in [0.25, 0.3) is 6.57 Å². The Labute approximate surface area is 130 Å². The van der Waals surface area contributed by atoms with Crippen LogP contribution < -0.4 is 4.74 Å². The van der Waals surface area contributed by atoms with E-state index < -0.39 is 17.5 Å². The number of ether oxygens (including phenoxy) is 1. The molecule has 2 aromatic rings. The summed E-state index contributed by atoms with van der Waals surface area (Å²) in [5.74, 6) is -0.614. The van der Waals surface area contributed by atoms with Gasteiger partial charge >= 0.3 is 12.5 Å². The van der Waals surface area contributed by atoms with Crippen LogP contribution >= 0.6 is 0 Å². The molecule has 2 rings (SSSR count). The molecule has 0 bridgehead atoms. The lowest BCUT2D eigenvalue weighted by molar-refractivity contribution is -0.138. The minimum absolute atomic E-state index is 0.403.